The van der Waals surface area contributed by atoms with Gasteiger partial charge in [-0.15, -0.1) is 0 Å². The van der Waals surface area contributed by atoms with Crippen LogP contribution >= 0.6 is 0 Å². The second-order valence-electron chi connectivity index (χ2n) is 6.56. The number of piperidine rings is 1. The number of anilines is 1. The monoisotopic (exact) mass is 332 g/mol. The van der Waals surface area contributed by atoms with Gasteiger partial charge in [-0.2, -0.15) is 0 Å². The van der Waals surface area contributed by atoms with Crippen LogP contribution < -0.4 is 10.2 Å². The fourth-order valence-electron chi connectivity index (χ4n) is 3.50. The van der Waals surface area contributed by atoms with Crippen molar-refractivity contribution in [1.29, 1.82) is 0 Å². The summed E-state index contributed by atoms with van der Waals surface area (Å²) < 4.78 is 5.62. The summed E-state index contributed by atoms with van der Waals surface area (Å²) in [4.78, 5) is 21.4. The topological polar surface area (TPSA) is 57.7 Å². The molecule has 0 aliphatic carbocycles. The largest absolute Gasteiger partial charge is 0.366 e. The lowest BCUT2D eigenvalue weighted by atomic mass is 9.96. The first-order chi connectivity index (χ1) is 11.8. The Kier molecular flexibility index (Phi) is 6.04. The van der Waals surface area contributed by atoms with Crippen molar-refractivity contribution < 1.29 is 9.53 Å². The Hall–Kier alpha value is -1.66. The Bertz CT molecular complexity index is 511. The molecule has 132 valence electrons. The molecule has 0 aromatic carbocycles. The lowest BCUT2D eigenvalue weighted by molar-refractivity contribution is -0.145. The van der Waals surface area contributed by atoms with Gasteiger partial charge in [-0.3, -0.25) is 4.79 Å². The van der Waals surface area contributed by atoms with Crippen LogP contribution in [0.1, 0.15) is 19.8 Å². The van der Waals surface area contributed by atoms with E-state index in [1.54, 1.807) is 0 Å². The van der Waals surface area contributed by atoms with Crippen molar-refractivity contribution in [2.45, 2.75) is 25.9 Å². The molecular formula is C18H28N4O2. The first kappa shape index (κ1) is 17.2. The molecule has 1 amide bonds. The summed E-state index contributed by atoms with van der Waals surface area (Å²) in [7, 11) is 0. The van der Waals surface area contributed by atoms with Gasteiger partial charge in [0, 0.05) is 45.5 Å². The number of nitrogens with one attached hydrogen (secondary N) is 1. The quantitative estimate of drug-likeness (QED) is 0.876. The van der Waals surface area contributed by atoms with E-state index in [0.29, 0.717) is 19.1 Å². The minimum atomic E-state index is -0.313. The van der Waals surface area contributed by atoms with Crippen LogP contribution in [0.3, 0.4) is 0 Å². The molecule has 2 saturated heterocycles. The minimum Gasteiger partial charge on any atom is -0.366 e. The molecule has 1 aromatic rings. The van der Waals surface area contributed by atoms with Crippen LogP contribution in [0.15, 0.2) is 24.4 Å². The summed E-state index contributed by atoms with van der Waals surface area (Å²) in [6, 6.07) is 6.04. The zero-order chi connectivity index (χ0) is 16.8. The SMILES string of the molecule is CCN(CC1CCN(c2ccccn2)CC1)C(=O)[C@H]1CNCCO1. The molecule has 0 bridgehead atoms. The van der Waals surface area contributed by atoms with Crippen LogP contribution in [0.5, 0.6) is 0 Å². The van der Waals surface area contributed by atoms with Gasteiger partial charge in [-0.05, 0) is 37.8 Å². The lowest BCUT2D eigenvalue weighted by Gasteiger charge is -2.36. The molecule has 2 fully saturated rings. The van der Waals surface area contributed by atoms with Gasteiger partial charge in [-0.25, -0.2) is 4.98 Å². The zero-order valence-corrected chi connectivity index (χ0v) is 14.5. The minimum absolute atomic E-state index is 0.136. The van der Waals surface area contributed by atoms with Crippen LogP contribution in [0.4, 0.5) is 5.82 Å². The van der Waals surface area contributed by atoms with E-state index in [-0.39, 0.29) is 12.0 Å². The maximum atomic E-state index is 12.6. The molecule has 1 atom stereocenters. The van der Waals surface area contributed by atoms with Gasteiger partial charge in [0.15, 0.2) is 0 Å². The van der Waals surface area contributed by atoms with Crippen molar-refractivity contribution in [2.75, 3.05) is 50.8 Å². The zero-order valence-electron chi connectivity index (χ0n) is 14.5. The second-order valence-corrected chi connectivity index (χ2v) is 6.56. The number of hydrogen-bond acceptors (Lipinski definition) is 5. The van der Waals surface area contributed by atoms with Crippen molar-refractivity contribution in [3.8, 4) is 0 Å². The third-order valence-electron chi connectivity index (χ3n) is 4.96. The van der Waals surface area contributed by atoms with E-state index in [9.17, 15) is 4.79 Å². The Morgan fingerprint density at radius 3 is 2.88 bits per heavy atom. The predicted molar refractivity (Wildman–Crippen MR) is 94.0 cm³/mol. The molecule has 1 aromatic heterocycles. The van der Waals surface area contributed by atoms with Crippen LogP contribution in [0, 0.1) is 5.92 Å². The number of rotatable bonds is 5. The number of hydrogen-bond donors (Lipinski definition) is 1. The summed E-state index contributed by atoms with van der Waals surface area (Å²) >= 11 is 0. The number of morpholine rings is 1. The van der Waals surface area contributed by atoms with Crippen molar-refractivity contribution in [3.05, 3.63) is 24.4 Å². The first-order valence-corrected chi connectivity index (χ1v) is 9.05. The highest BCUT2D eigenvalue weighted by Crippen LogP contribution is 2.22. The van der Waals surface area contributed by atoms with E-state index < -0.39 is 0 Å². The van der Waals surface area contributed by atoms with Gasteiger partial charge in [0.1, 0.15) is 11.9 Å². The maximum Gasteiger partial charge on any atom is 0.253 e. The summed E-state index contributed by atoms with van der Waals surface area (Å²) in [5.41, 5.74) is 0. The average Bonchev–Trinajstić information content (AvgIpc) is 2.67. The van der Waals surface area contributed by atoms with Gasteiger partial charge in [0.2, 0.25) is 0 Å². The van der Waals surface area contributed by atoms with Crippen LogP contribution in [-0.4, -0.2) is 67.8 Å². The van der Waals surface area contributed by atoms with Gasteiger partial charge >= 0.3 is 0 Å². The molecule has 24 heavy (non-hydrogen) atoms. The van der Waals surface area contributed by atoms with E-state index in [1.165, 1.54) is 0 Å². The van der Waals surface area contributed by atoms with Crippen molar-refractivity contribution in [1.82, 2.24) is 15.2 Å². The van der Waals surface area contributed by atoms with E-state index in [2.05, 4.69) is 28.2 Å². The molecule has 0 spiro atoms. The molecule has 6 nitrogen and oxygen atoms in total. The lowest BCUT2D eigenvalue weighted by Crippen LogP contribution is -2.51. The number of nitrogens with zero attached hydrogens (tertiary/aromatic N) is 3. The normalized spacial score (nSPS) is 22.4. The summed E-state index contributed by atoms with van der Waals surface area (Å²) in [6.45, 7) is 7.75. The summed E-state index contributed by atoms with van der Waals surface area (Å²) in [6.07, 6.45) is 3.73. The highest BCUT2D eigenvalue weighted by molar-refractivity contribution is 5.81. The van der Waals surface area contributed by atoms with Gasteiger partial charge < -0.3 is 19.9 Å². The number of carbonyl (C=O) groups excluding carboxylic acids is 1. The van der Waals surface area contributed by atoms with E-state index in [4.69, 9.17) is 4.74 Å². The first-order valence-electron chi connectivity index (χ1n) is 9.05. The Labute approximate surface area is 144 Å². The molecule has 3 heterocycles. The molecule has 2 aliphatic heterocycles. The molecular weight excluding hydrogens is 304 g/mol. The maximum absolute atomic E-state index is 12.6. The number of aromatic nitrogens is 1. The third-order valence-corrected chi connectivity index (χ3v) is 4.96. The van der Waals surface area contributed by atoms with Crippen LogP contribution in [0.2, 0.25) is 0 Å². The van der Waals surface area contributed by atoms with Crippen LogP contribution in [0.25, 0.3) is 0 Å². The molecule has 6 heteroatoms. The fraction of sp³-hybridized carbons (Fsp3) is 0.667. The number of carbonyl (C=O) groups is 1. The molecule has 1 N–H and O–H groups in total. The van der Waals surface area contributed by atoms with E-state index in [1.807, 2.05) is 23.2 Å². The number of likely N-dealkylation sites (N-methyl/N-ethyl adjacent to an activating group) is 1. The number of amides is 1. The highest BCUT2D eigenvalue weighted by Gasteiger charge is 2.29. The standard InChI is InChI=1S/C18H28N4O2/c1-2-21(18(23)16-13-19-9-12-24-16)14-15-6-10-22(11-7-15)17-5-3-4-8-20-17/h3-5,8,15-16,19H,2,6-7,9-14H2,1H3/t16-/m1/s1. The summed E-state index contributed by atoms with van der Waals surface area (Å²) in [5, 5.41) is 3.24. The van der Waals surface area contributed by atoms with E-state index in [0.717, 1.165) is 51.4 Å². The molecule has 0 saturated carbocycles. The molecule has 3 rings (SSSR count). The van der Waals surface area contributed by atoms with Crippen molar-refractivity contribution in [3.63, 3.8) is 0 Å². The Balaban J connectivity index is 1.49. The number of pyridine rings is 1. The van der Waals surface area contributed by atoms with Crippen molar-refractivity contribution in [2.24, 2.45) is 5.92 Å². The van der Waals surface area contributed by atoms with Gasteiger partial charge in [0.25, 0.3) is 5.91 Å². The fourth-order valence-corrected chi connectivity index (χ4v) is 3.50. The highest BCUT2D eigenvalue weighted by atomic mass is 16.5. The molecule has 0 radical (unpaired) electrons. The second kappa shape index (κ2) is 8.44. The predicted octanol–water partition coefficient (Wildman–Crippen LogP) is 1.13. The smallest absolute Gasteiger partial charge is 0.253 e. The number of ether oxygens (including phenoxy) is 1. The average molecular weight is 332 g/mol. The van der Waals surface area contributed by atoms with Crippen molar-refractivity contribution >= 4 is 11.7 Å². The molecule has 2 aliphatic rings. The summed E-state index contributed by atoms with van der Waals surface area (Å²) in [5.74, 6) is 1.75. The Morgan fingerprint density at radius 2 is 2.25 bits per heavy atom. The van der Waals surface area contributed by atoms with Gasteiger partial charge in [0.05, 0.1) is 6.61 Å². The third kappa shape index (κ3) is 4.24. The Morgan fingerprint density at radius 1 is 1.42 bits per heavy atom. The van der Waals surface area contributed by atoms with E-state index >= 15 is 0 Å². The van der Waals surface area contributed by atoms with Gasteiger partial charge in [-0.1, -0.05) is 6.07 Å². The molecule has 0 unspecified atom stereocenters. The van der Waals surface area contributed by atoms with Crippen LogP contribution in [-0.2, 0) is 9.53 Å².